The lowest BCUT2D eigenvalue weighted by atomic mass is 9.78. The van der Waals surface area contributed by atoms with E-state index in [0.717, 1.165) is 61.7 Å². The quantitative estimate of drug-likeness (QED) is 0.0967. The average molecular weight is 516 g/mol. The molecule has 0 heterocycles. The Morgan fingerprint density at radius 1 is 0.974 bits per heavy atom. The molecule has 0 bridgehead atoms. The molecule has 1 aliphatic carbocycles. The van der Waals surface area contributed by atoms with E-state index < -0.39 is 5.97 Å². The van der Waals surface area contributed by atoms with E-state index in [1.54, 1.807) is 30.3 Å². The van der Waals surface area contributed by atoms with Crippen LogP contribution in [0.4, 0.5) is 0 Å². The SMILES string of the molecule is C=CCCCCCOc1ccc(C(=O)Oc2ccc(CC[C@H]3CC[C@H](CCCCC)CC3)cc2C#N)cc1. The van der Waals surface area contributed by atoms with Crippen molar-refractivity contribution in [2.45, 2.75) is 96.8 Å². The normalized spacial score (nSPS) is 16.9. The summed E-state index contributed by atoms with van der Waals surface area (Å²) in [5, 5.41) is 9.69. The van der Waals surface area contributed by atoms with Gasteiger partial charge in [0.1, 0.15) is 17.6 Å². The van der Waals surface area contributed by atoms with Gasteiger partial charge in [-0.15, -0.1) is 6.58 Å². The second-order valence-electron chi connectivity index (χ2n) is 10.8. The van der Waals surface area contributed by atoms with Gasteiger partial charge in [-0.25, -0.2) is 4.79 Å². The maximum absolute atomic E-state index is 12.7. The maximum atomic E-state index is 12.7. The molecule has 0 atom stereocenters. The van der Waals surface area contributed by atoms with Crippen molar-refractivity contribution in [3.63, 3.8) is 0 Å². The molecule has 0 spiro atoms. The van der Waals surface area contributed by atoms with Crippen LogP contribution in [0, 0.1) is 23.2 Å². The van der Waals surface area contributed by atoms with Gasteiger partial charge in [0.15, 0.2) is 0 Å². The highest BCUT2D eigenvalue weighted by molar-refractivity contribution is 5.91. The molecule has 2 aromatic rings. The van der Waals surface area contributed by atoms with E-state index >= 15 is 0 Å². The molecule has 0 radical (unpaired) electrons. The standard InChI is InChI=1S/C34H45NO3/c1-3-5-7-8-10-24-37-32-21-19-30(20-22-32)34(36)38-33-23-18-29(25-31(33)26-35)17-16-28-14-12-27(13-15-28)11-9-6-4-2/h3,18-23,25,27-28H,1,4-17,24H2,2H3/t27-,28-. The van der Waals surface area contributed by atoms with E-state index in [4.69, 9.17) is 9.47 Å². The van der Waals surface area contributed by atoms with E-state index in [9.17, 15) is 10.1 Å². The number of unbranched alkanes of at least 4 members (excludes halogenated alkanes) is 5. The zero-order chi connectivity index (χ0) is 27.0. The van der Waals surface area contributed by atoms with Crippen LogP contribution >= 0.6 is 0 Å². The number of hydrogen-bond donors (Lipinski definition) is 0. The molecule has 4 nitrogen and oxygen atoms in total. The number of benzene rings is 2. The van der Waals surface area contributed by atoms with Crippen LogP contribution in [-0.2, 0) is 6.42 Å². The number of aryl methyl sites for hydroxylation is 1. The fourth-order valence-corrected chi connectivity index (χ4v) is 5.38. The first kappa shape index (κ1) is 29.5. The fourth-order valence-electron chi connectivity index (χ4n) is 5.38. The van der Waals surface area contributed by atoms with Crippen molar-refractivity contribution in [1.29, 1.82) is 5.26 Å². The number of nitriles is 1. The molecular weight excluding hydrogens is 470 g/mol. The molecule has 0 amide bonds. The second-order valence-corrected chi connectivity index (χ2v) is 10.8. The van der Waals surface area contributed by atoms with Crippen molar-refractivity contribution in [2.75, 3.05) is 6.61 Å². The monoisotopic (exact) mass is 515 g/mol. The molecular formula is C34H45NO3. The van der Waals surface area contributed by atoms with Gasteiger partial charge in [-0.2, -0.15) is 5.26 Å². The molecule has 0 N–H and O–H groups in total. The first-order valence-electron chi connectivity index (χ1n) is 14.7. The van der Waals surface area contributed by atoms with Crippen molar-refractivity contribution >= 4 is 5.97 Å². The third-order valence-corrected chi connectivity index (χ3v) is 7.80. The second kappa shape index (κ2) is 16.7. The Hall–Kier alpha value is -3.06. The van der Waals surface area contributed by atoms with E-state index in [1.807, 2.05) is 18.2 Å². The summed E-state index contributed by atoms with van der Waals surface area (Å²) in [6, 6.07) is 14.8. The molecule has 2 aromatic carbocycles. The number of esters is 1. The van der Waals surface area contributed by atoms with Crippen LogP contribution in [0.25, 0.3) is 0 Å². The molecule has 0 aliphatic heterocycles. The van der Waals surface area contributed by atoms with Gasteiger partial charge in [0.2, 0.25) is 0 Å². The van der Waals surface area contributed by atoms with E-state index in [-0.39, 0.29) is 0 Å². The fraction of sp³-hybridized carbons (Fsp3) is 0.529. The number of ether oxygens (including phenoxy) is 2. The number of carbonyl (C=O) groups excluding carboxylic acids is 1. The van der Waals surface area contributed by atoms with Crippen LogP contribution in [-0.4, -0.2) is 12.6 Å². The van der Waals surface area contributed by atoms with Gasteiger partial charge < -0.3 is 9.47 Å². The van der Waals surface area contributed by atoms with Crippen molar-refractivity contribution in [2.24, 2.45) is 11.8 Å². The largest absolute Gasteiger partial charge is 0.494 e. The van der Waals surface area contributed by atoms with Crippen molar-refractivity contribution in [3.05, 3.63) is 71.8 Å². The number of rotatable bonds is 16. The van der Waals surface area contributed by atoms with Gasteiger partial charge in [-0.3, -0.25) is 0 Å². The van der Waals surface area contributed by atoms with Crippen LogP contribution in [0.2, 0.25) is 0 Å². The highest BCUT2D eigenvalue weighted by atomic mass is 16.5. The van der Waals surface area contributed by atoms with Crippen LogP contribution in [0.3, 0.4) is 0 Å². The molecule has 1 fully saturated rings. The molecule has 1 saturated carbocycles. The smallest absolute Gasteiger partial charge is 0.343 e. The van der Waals surface area contributed by atoms with Crippen molar-refractivity contribution in [3.8, 4) is 17.6 Å². The third-order valence-electron chi connectivity index (χ3n) is 7.80. The Labute approximate surface area is 230 Å². The van der Waals surface area contributed by atoms with Crippen LogP contribution in [0.15, 0.2) is 55.1 Å². The summed E-state index contributed by atoms with van der Waals surface area (Å²) in [5.41, 5.74) is 1.98. The lowest BCUT2D eigenvalue weighted by Gasteiger charge is -2.28. The van der Waals surface area contributed by atoms with Crippen molar-refractivity contribution in [1.82, 2.24) is 0 Å². The Kier molecular flexibility index (Phi) is 13.0. The summed E-state index contributed by atoms with van der Waals surface area (Å²) in [6.07, 6.45) is 19.2. The zero-order valence-corrected chi connectivity index (χ0v) is 23.3. The van der Waals surface area contributed by atoms with Gasteiger partial charge in [-0.1, -0.05) is 70.4 Å². The predicted octanol–water partition coefficient (Wildman–Crippen LogP) is 9.22. The molecule has 38 heavy (non-hydrogen) atoms. The first-order chi connectivity index (χ1) is 18.6. The molecule has 0 unspecified atom stereocenters. The van der Waals surface area contributed by atoms with Crippen LogP contribution < -0.4 is 9.47 Å². The molecule has 1 aliphatic rings. The molecule has 3 rings (SSSR count). The Balaban J connectivity index is 1.44. The highest BCUT2D eigenvalue weighted by Gasteiger charge is 2.21. The number of carbonyl (C=O) groups is 1. The van der Waals surface area contributed by atoms with Crippen molar-refractivity contribution < 1.29 is 14.3 Å². The summed E-state index contributed by atoms with van der Waals surface area (Å²) in [4.78, 5) is 12.7. The average Bonchev–Trinajstić information content (AvgIpc) is 2.95. The lowest BCUT2D eigenvalue weighted by Crippen LogP contribution is -2.15. The zero-order valence-electron chi connectivity index (χ0n) is 23.3. The number of allylic oxidation sites excluding steroid dienone is 1. The Morgan fingerprint density at radius 2 is 1.71 bits per heavy atom. The van der Waals surface area contributed by atoms with Gasteiger partial charge in [0.05, 0.1) is 17.7 Å². The Bertz CT molecular complexity index is 1030. The molecule has 0 aromatic heterocycles. The summed E-state index contributed by atoms with van der Waals surface area (Å²) >= 11 is 0. The molecule has 0 saturated heterocycles. The Morgan fingerprint density at radius 3 is 2.39 bits per heavy atom. The highest BCUT2D eigenvalue weighted by Crippen LogP contribution is 2.34. The molecule has 204 valence electrons. The minimum atomic E-state index is -0.471. The minimum absolute atomic E-state index is 0.314. The van der Waals surface area contributed by atoms with Gasteiger partial charge in [0, 0.05) is 0 Å². The summed E-state index contributed by atoms with van der Waals surface area (Å²) in [5.74, 6) is 2.29. The topological polar surface area (TPSA) is 59.3 Å². The van der Waals surface area contributed by atoms with E-state index in [2.05, 4.69) is 19.6 Å². The number of nitrogens with zero attached hydrogens (tertiary/aromatic N) is 1. The first-order valence-corrected chi connectivity index (χ1v) is 14.7. The van der Waals surface area contributed by atoms with E-state index in [1.165, 1.54) is 51.4 Å². The predicted molar refractivity (Wildman–Crippen MR) is 155 cm³/mol. The maximum Gasteiger partial charge on any atom is 0.343 e. The van der Waals surface area contributed by atoms with Crippen LogP contribution in [0.1, 0.15) is 112 Å². The van der Waals surface area contributed by atoms with Gasteiger partial charge >= 0.3 is 5.97 Å². The third kappa shape index (κ3) is 10.0. The van der Waals surface area contributed by atoms with Gasteiger partial charge in [0.25, 0.3) is 0 Å². The van der Waals surface area contributed by atoms with Crippen LogP contribution in [0.5, 0.6) is 11.5 Å². The lowest BCUT2D eigenvalue weighted by molar-refractivity contribution is 0.0734. The molecule has 4 heteroatoms. The van der Waals surface area contributed by atoms with Gasteiger partial charge in [-0.05, 0) is 92.3 Å². The minimum Gasteiger partial charge on any atom is -0.494 e. The summed E-state index contributed by atoms with van der Waals surface area (Å²) in [6.45, 7) is 6.66. The number of hydrogen-bond acceptors (Lipinski definition) is 4. The van der Waals surface area contributed by atoms with E-state index in [0.29, 0.717) is 23.5 Å². The summed E-state index contributed by atoms with van der Waals surface area (Å²) < 4.78 is 11.3. The summed E-state index contributed by atoms with van der Waals surface area (Å²) in [7, 11) is 0.